The number of carbonyl (C=O) groups is 2. The molecule has 0 unspecified atom stereocenters. The Labute approximate surface area is 191 Å². The Morgan fingerprint density at radius 3 is 2.09 bits per heavy atom. The van der Waals surface area contributed by atoms with E-state index in [-0.39, 0.29) is 17.6 Å². The zero-order valence-electron chi connectivity index (χ0n) is 19.7. The van der Waals surface area contributed by atoms with Crippen molar-refractivity contribution in [2.24, 2.45) is 0 Å². The van der Waals surface area contributed by atoms with Crippen LogP contribution in [0, 0.1) is 0 Å². The van der Waals surface area contributed by atoms with Crippen LogP contribution in [0.25, 0.3) is 6.08 Å². The van der Waals surface area contributed by atoms with Crippen molar-refractivity contribution in [1.82, 2.24) is 5.32 Å². The van der Waals surface area contributed by atoms with Crippen LogP contribution in [0.2, 0.25) is 0 Å². The van der Waals surface area contributed by atoms with E-state index in [1.54, 1.807) is 48.5 Å². The highest BCUT2D eigenvalue weighted by Gasteiger charge is 2.52. The lowest BCUT2D eigenvalue weighted by atomic mass is 9.76. The van der Waals surface area contributed by atoms with Gasteiger partial charge in [0.2, 0.25) is 0 Å². The molecule has 1 fully saturated rings. The predicted octanol–water partition coefficient (Wildman–Crippen LogP) is 4.94. The Bertz CT molecular complexity index is 934. The number of halogens is 3. The summed E-state index contributed by atoms with van der Waals surface area (Å²) in [6.07, 6.45) is -4.16. The van der Waals surface area contributed by atoms with Crippen LogP contribution in [0.4, 0.5) is 18.0 Å². The summed E-state index contributed by atoms with van der Waals surface area (Å²) in [6, 6.07) is 2.49. The van der Waals surface area contributed by atoms with Gasteiger partial charge in [-0.25, -0.2) is 9.59 Å². The number of hydrogen-bond acceptors (Lipinski definition) is 5. The van der Waals surface area contributed by atoms with Crippen LogP contribution in [0.3, 0.4) is 0 Å². The number of alkyl carbamates (subject to hydrolysis) is 1. The Morgan fingerprint density at radius 2 is 1.64 bits per heavy atom. The molecule has 1 amide bonds. The van der Waals surface area contributed by atoms with Gasteiger partial charge in [-0.15, -0.1) is 0 Å². The molecule has 1 aromatic carbocycles. The summed E-state index contributed by atoms with van der Waals surface area (Å²) in [6.45, 7) is 12.1. The van der Waals surface area contributed by atoms with Crippen LogP contribution in [-0.4, -0.2) is 47.6 Å². The minimum atomic E-state index is -4.74. The smallest absolute Gasteiger partial charge is 0.478 e. The molecule has 0 radical (unpaired) electrons. The van der Waals surface area contributed by atoms with Gasteiger partial charge in [0.1, 0.15) is 5.60 Å². The fourth-order valence-corrected chi connectivity index (χ4v) is 2.92. The van der Waals surface area contributed by atoms with Gasteiger partial charge in [0, 0.05) is 6.54 Å². The summed E-state index contributed by atoms with van der Waals surface area (Å²) in [5, 5.41) is 11.8. The van der Waals surface area contributed by atoms with Crippen LogP contribution in [-0.2, 0) is 20.2 Å². The van der Waals surface area contributed by atoms with Crippen molar-refractivity contribution in [2.75, 3.05) is 6.54 Å². The second-order valence-electron chi connectivity index (χ2n) is 9.81. The second kappa shape index (κ2) is 9.02. The Balaban J connectivity index is 2.48. The van der Waals surface area contributed by atoms with Gasteiger partial charge in [-0.2, -0.15) is 13.2 Å². The van der Waals surface area contributed by atoms with Crippen molar-refractivity contribution in [2.45, 2.75) is 71.4 Å². The molecule has 1 aromatic rings. The third kappa shape index (κ3) is 6.98. The number of rotatable bonds is 5. The molecule has 1 heterocycles. The molecule has 33 heavy (non-hydrogen) atoms. The molecule has 0 aromatic heterocycles. The van der Waals surface area contributed by atoms with Crippen LogP contribution in [0.15, 0.2) is 23.7 Å². The van der Waals surface area contributed by atoms with E-state index in [1.807, 2.05) is 0 Å². The van der Waals surface area contributed by atoms with Gasteiger partial charge in [0.15, 0.2) is 0 Å². The van der Waals surface area contributed by atoms with Gasteiger partial charge in [0.05, 0.1) is 22.3 Å². The number of carboxylic acid groups (broad SMARTS) is 1. The van der Waals surface area contributed by atoms with Crippen molar-refractivity contribution in [3.8, 4) is 0 Å². The summed E-state index contributed by atoms with van der Waals surface area (Å²) in [5.41, 5.74) is -3.62. The van der Waals surface area contributed by atoms with Crippen LogP contribution < -0.4 is 5.32 Å². The minimum absolute atomic E-state index is 0.0297. The van der Waals surface area contributed by atoms with Crippen LogP contribution in [0.5, 0.6) is 0 Å². The summed E-state index contributed by atoms with van der Waals surface area (Å²) < 4.78 is 57.2. The van der Waals surface area contributed by atoms with Crippen LogP contribution in [0.1, 0.15) is 70.0 Å². The summed E-state index contributed by atoms with van der Waals surface area (Å²) in [4.78, 5) is 23.5. The molecule has 0 spiro atoms. The summed E-state index contributed by atoms with van der Waals surface area (Å²) in [5.74, 6) is -1.50. The first kappa shape index (κ1) is 26.7. The normalized spacial score (nSPS) is 18.2. The number of amides is 1. The minimum Gasteiger partial charge on any atom is -0.478 e. The third-order valence-corrected chi connectivity index (χ3v) is 5.27. The van der Waals surface area contributed by atoms with Gasteiger partial charge in [-0.1, -0.05) is 6.08 Å². The van der Waals surface area contributed by atoms with Crippen molar-refractivity contribution in [1.29, 1.82) is 0 Å². The fourth-order valence-electron chi connectivity index (χ4n) is 2.92. The molecule has 182 valence electrons. The monoisotopic (exact) mass is 471 g/mol. The molecule has 1 saturated heterocycles. The van der Waals surface area contributed by atoms with Gasteiger partial charge in [-0.05, 0) is 77.7 Å². The zero-order chi connectivity index (χ0) is 25.4. The predicted molar refractivity (Wildman–Crippen MR) is 117 cm³/mol. The highest BCUT2D eigenvalue weighted by atomic mass is 19.4. The Kier molecular flexibility index (Phi) is 7.30. The first-order chi connectivity index (χ1) is 14.8. The van der Waals surface area contributed by atoms with Gasteiger partial charge < -0.3 is 24.5 Å². The molecular weight excluding hydrogens is 442 g/mol. The number of benzene rings is 1. The van der Waals surface area contributed by atoms with E-state index in [0.29, 0.717) is 6.07 Å². The molecular formula is C22H29BF3NO6. The van der Waals surface area contributed by atoms with Crippen molar-refractivity contribution >= 4 is 25.3 Å². The molecule has 0 bridgehead atoms. The molecule has 7 nitrogen and oxygen atoms in total. The quantitative estimate of drug-likeness (QED) is 0.591. The molecule has 0 saturated carbocycles. The maximum atomic E-state index is 13.3. The van der Waals surface area contributed by atoms with Gasteiger partial charge in [0.25, 0.3) is 0 Å². The van der Waals surface area contributed by atoms with Gasteiger partial charge in [-0.3, -0.25) is 0 Å². The number of aromatic carboxylic acids is 1. The number of nitrogens with one attached hydrogen (secondary N) is 1. The zero-order valence-corrected chi connectivity index (χ0v) is 19.7. The number of ether oxygens (including phenoxy) is 1. The number of carboxylic acids is 1. The number of hydrogen-bond donors (Lipinski definition) is 2. The van der Waals surface area contributed by atoms with Crippen LogP contribution >= 0.6 is 0 Å². The topological polar surface area (TPSA) is 94.1 Å². The average Bonchev–Trinajstić information content (AvgIpc) is 2.83. The first-order valence-corrected chi connectivity index (χ1v) is 10.3. The molecule has 0 aliphatic carbocycles. The Morgan fingerprint density at radius 1 is 1.09 bits per heavy atom. The lowest BCUT2D eigenvalue weighted by Gasteiger charge is -2.32. The first-order valence-electron chi connectivity index (χ1n) is 10.3. The summed E-state index contributed by atoms with van der Waals surface area (Å²) >= 11 is 0. The lowest BCUT2D eigenvalue weighted by molar-refractivity contribution is -0.137. The highest BCUT2D eigenvalue weighted by molar-refractivity contribution is 6.56. The van der Waals surface area contributed by atoms with Crippen molar-refractivity contribution in [3.63, 3.8) is 0 Å². The molecule has 2 N–H and O–H groups in total. The largest absolute Gasteiger partial charge is 0.492 e. The van der Waals surface area contributed by atoms with Crippen molar-refractivity contribution < 1.29 is 41.9 Å². The highest BCUT2D eigenvalue weighted by Crippen LogP contribution is 2.39. The van der Waals surface area contributed by atoms with Gasteiger partial charge >= 0.3 is 25.4 Å². The van der Waals surface area contributed by atoms with E-state index in [1.165, 1.54) is 6.08 Å². The van der Waals surface area contributed by atoms with E-state index in [0.717, 1.165) is 12.1 Å². The average molecular weight is 471 g/mol. The lowest BCUT2D eigenvalue weighted by Crippen LogP contribution is -2.41. The molecule has 2 rings (SSSR count). The fraction of sp³-hybridized carbons (Fsp3) is 0.545. The van der Waals surface area contributed by atoms with E-state index in [4.69, 9.17) is 14.0 Å². The maximum absolute atomic E-state index is 13.3. The third-order valence-electron chi connectivity index (χ3n) is 5.27. The van der Waals surface area contributed by atoms with Crippen molar-refractivity contribution in [3.05, 3.63) is 40.4 Å². The Hall–Kier alpha value is -2.53. The standard InChI is InChI=1S/C22H29BF3NO6/c1-19(2,3)31-18(30)27-12-16(23-32-20(4,5)21(6,7)33-23)10-13-8-14(17(28)29)11-15(9-13)22(24,25)26/h8-11H,12H2,1-7H3,(H,27,30)(H,28,29). The maximum Gasteiger partial charge on any atom is 0.492 e. The number of alkyl halides is 3. The molecule has 1 aliphatic rings. The molecule has 11 heteroatoms. The van der Waals surface area contributed by atoms with E-state index in [9.17, 15) is 27.9 Å². The molecule has 1 aliphatic heterocycles. The second-order valence-corrected chi connectivity index (χ2v) is 9.81. The summed E-state index contributed by atoms with van der Waals surface area (Å²) in [7, 11) is -0.993. The van der Waals surface area contributed by atoms with E-state index >= 15 is 0 Å². The van der Waals surface area contributed by atoms with E-state index in [2.05, 4.69) is 5.32 Å². The number of carbonyl (C=O) groups excluding carboxylic acids is 1. The van der Waals surface area contributed by atoms with E-state index < -0.39 is 53.3 Å². The SMILES string of the molecule is CC(C)(C)OC(=O)NCC(=Cc1cc(C(=O)O)cc(C(F)(F)F)c1)B1OC(C)(C)C(C)(C)O1. The molecule has 0 atom stereocenters.